The number of hydrogen-bond donors (Lipinski definition) is 0. The summed E-state index contributed by atoms with van der Waals surface area (Å²) in [6.45, 7) is 11.9. The summed E-state index contributed by atoms with van der Waals surface area (Å²) in [6.07, 6.45) is 2.81. The quantitative estimate of drug-likeness (QED) is 0.408. The highest BCUT2D eigenvalue weighted by atomic mass is 32.1. The van der Waals surface area contributed by atoms with Gasteiger partial charge < -0.3 is 19.4 Å². The molecule has 3 aliphatic heterocycles. The van der Waals surface area contributed by atoms with Gasteiger partial charge in [0.1, 0.15) is 16.9 Å². The highest BCUT2D eigenvalue weighted by molar-refractivity contribution is 7.15. The minimum absolute atomic E-state index is 0.0440. The predicted molar refractivity (Wildman–Crippen MR) is 167 cm³/mol. The number of aliphatic imine (C=N–C) groups is 1. The summed E-state index contributed by atoms with van der Waals surface area (Å²) in [5.74, 6) is 0.955. The van der Waals surface area contributed by atoms with Gasteiger partial charge in [-0.3, -0.25) is 23.9 Å². The molecule has 2 aromatic heterocycles. The molecule has 6 rings (SSSR count). The number of fused-ring (bicyclic) bond motifs is 3. The van der Waals surface area contributed by atoms with Gasteiger partial charge in [0.15, 0.2) is 5.82 Å². The van der Waals surface area contributed by atoms with Crippen molar-refractivity contribution in [1.82, 2.24) is 29.5 Å². The number of aromatic nitrogens is 3. The second-order valence-corrected chi connectivity index (χ2v) is 12.6. The van der Waals surface area contributed by atoms with Crippen LogP contribution in [0, 0.1) is 27.7 Å². The van der Waals surface area contributed by atoms with E-state index in [-0.39, 0.29) is 24.1 Å². The van der Waals surface area contributed by atoms with Gasteiger partial charge in [-0.2, -0.15) is 0 Å². The number of thiophene rings is 1. The van der Waals surface area contributed by atoms with E-state index in [1.54, 1.807) is 26.0 Å². The Bertz CT molecular complexity index is 1640. The van der Waals surface area contributed by atoms with Gasteiger partial charge in [-0.1, -0.05) is 29.8 Å². The maximum absolute atomic E-state index is 13.7. The number of carbonyl (C=O) groups is 3. The van der Waals surface area contributed by atoms with Gasteiger partial charge in [0, 0.05) is 67.4 Å². The molecule has 3 aromatic rings. The lowest BCUT2D eigenvalue weighted by Gasteiger charge is -2.34. The number of morpholine rings is 1. The SMILES string of the molecule is Cc1ccc(C2=N[C@@H](CC(=O)N3CCN(C(=O)/C=C/C(=O)N4CCOCC4)CC3)c3nnc(C)n3-c3sc(C)c(C)c32)cc1. The topological polar surface area (TPSA) is 113 Å². The van der Waals surface area contributed by atoms with Crippen molar-refractivity contribution in [2.45, 2.75) is 40.2 Å². The Balaban J connectivity index is 1.19. The number of piperazine rings is 1. The highest BCUT2D eigenvalue weighted by Crippen LogP contribution is 2.39. The standard InChI is InChI=1S/C32H37N7O4S/c1-20-5-7-24(8-6-20)30-29-21(2)22(3)44-32(29)39-23(4)34-35-31(39)25(33-30)19-28(42)37-13-11-36(12-14-37)26(40)9-10-27(41)38-15-17-43-18-16-38/h5-10,25H,11-19H2,1-4H3/b10-9+/t25-/m0/s1. The van der Waals surface area contributed by atoms with Crippen LogP contribution in [0.25, 0.3) is 5.00 Å². The molecule has 230 valence electrons. The molecule has 0 saturated carbocycles. The first-order valence-corrected chi connectivity index (χ1v) is 15.8. The summed E-state index contributed by atoms with van der Waals surface area (Å²) in [5, 5.41) is 9.94. The minimum atomic E-state index is -0.520. The fraction of sp³-hybridized carbons (Fsp3) is 0.438. The Hall–Kier alpha value is -4.16. The summed E-state index contributed by atoms with van der Waals surface area (Å²) in [4.78, 5) is 50.5. The second kappa shape index (κ2) is 12.4. The van der Waals surface area contributed by atoms with Gasteiger partial charge in [0.2, 0.25) is 17.7 Å². The van der Waals surface area contributed by atoms with Crippen LogP contribution in [0.5, 0.6) is 0 Å². The van der Waals surface area contributed by atoms with Crippen LogP contribution in [-0.2, 0) is 19.1 Å². The number of hydrogen-bond acceptors (Lipinski definition) is 8. The maximum Gasteiger partial charge on any atom is 0.246 e. The fourth-order valence-electron chi connectivity index (χ4n) is 5.84. The molecule has 1 aromatic carbocycles. The molecule has 1 atom stereocenters. The van der Waals surface area contributed by atoms with Crippen molar-refractivity contribution in [3.63, 3.8) is 0 Å². The van der Waals surface area contributed by atoms with Crippen LogP contribution < -0.4 is 0 Å². The van der Waals surface area contributed by atoms with E-state index in [9.17, 15) is 14.4 Å². The monoisotopic (exact) mass is 615 g/mol. The lowest BCUT2D eigenvalue weighted by atomic mass is 9.99. The van der Waals surface area contributed by atoms with E-state index in [2.05, 4.69) is 59.8 Å². The van der Waals surface area contributed by atoms with Crippen molar-refractivity contribution < 1.29 is 19.1 Å². The van der Waals surface area contributed by atoms with Crippen molar-refractivity contribution in [1.29, 1.82) is 0 Å². The van der Waals surface area contributed by atoms with Crippen molar-refractivity contribution in [2.24, 2.45) is 4.99 Å². The molecule has 3 amide bonds. The van der Waals surface area contributed by atoms with Gasteiger partial charge >= 0.3 is 0 Å². The number of carbonyl (C=O) groups excluding carboxylic acids is 3. The first-order valence-electron chi connectivity index (χ1n) is 15.0. The maximum atomic E-state index is 13.7. The van der Waals surface area contributed by atoms with Crippen LogP contribution in [-0.4, -0.2) is 105 Å². The third-order valence-electron chi connectivity index (χ3n) is 8.57. The number of benzene rings is 1. The molecule has 0 radical (unpaired) electrons. The fourth-order valence-corrected chi connectivity index (χ4v) is 7.06. The summed E-state index contributed by atoms with van der Waals surface area (Å²) in [7, 11) is 0. The van der Waals surface area contributed by atoms with Crippen LogP contribution in [0.1, 0.15) is 51.2 Å². The Kier molecular flexibility index (Phi) is 8.46. The van der Waals surface area contributed by atoms with Crippen molar-refractivity contribution in [2.75, 3.05) is 52.5 Å². The van der Waals surface area contributed by atoms with Crippen LogP contribution in [0.15, 0.2) is 41.4 Å². The molecule has 44 heavy (non-hydrogen) atoms. The zero-order valence-corrected chi connectivity index (χ0v) is 26.4. The Morgan fingerprint density at radius 3 is 2.14 bits per heavy atom. The molecular formula is C32H37N7O4S. The number of amides is 3. The lowest BCUT2D eigenvalue weighted by Crippen LogP contribution is -2.50. The highest BCUT2D eigenvalue weighted by Gasteiger charge is 2.34. The third-order valence-corrected chi connectivity index (χ3v) is 9.76. The summed E-state index contributed by atoms with van der Waals surface area (Å²) in [5.41, 5.74) is 5.25. The van der Waals surface area contributed by atoms with Gasteiger partial charge in [-0.05, 0) is 33.3 Å². The molecule has 5 heterocycles. The van der Waals surface area contributed by atoms with Crippen LogP contribution >= 0.6 is 11.3 Å². The Morgan fingerprint density at radius 1 is 0.864 bits per heavy atom. The zero-order chi connectivity index (χ0) is 31.0. The van der Waals surface area contributed by atoms with Gasteiger partial charge in [0.25, 0.3) is 0 Å². The first kappa shape index (κ1) is 29.9. The van der Waals surface area contributed by atoms with Crippen LogP contribution in [0.4, 0.5) is 0 Å². The first-order chi connectivity index (χ1) is 21.2. The van der Waals surface area contributed by atoms with E-state index < -0.39 is 6.04 Å². The van der Waals surface area contributed by atoms with Gasteiger partial charge in [-0.25, -0.2) is 0 Å². The van der Waals surface area contributed by atoms with Gasteiger partial charge in [-0.15, -0.1) is 21.5 Å². The minimum Gasteiger partial charge on any atom is -0.378 e. The van der Waals surface area contributed by atoms with E-state index in [1.165, 1.54) is 17.0 Å². The normalized spacial score (nSPS) is 18.6. The molecule has 0 spiro atoms. The average molecular weight is 616 g/mol. The number of aryl methyl sites for hydroxylation is 3. The lowest BCUT2D eigenvalue weighted by molar-refractivity contribution is -0.137. The summed E-state index contributed by atoms with van der Waals surface area (Å²) in [6, 6.07) is 7.81. The number of ether oxygens (including phenoxy) is 1. The van der Waals surface area contributed by atoms with E-state index in [1.807, 2.05) is 6.92 Å². The molecule has 12 heteroatoms. The summed E-state index contributed by atoms with van der Waals surface area (Å²) >= 11 is 1.69. The molecule has 0 bridgehead atoms. The summed E-state index contributed by atoms with van der Waals surface area (Å²) < 4.78 is 7.34. The van der Waals surface area contributed by atoms with Crippen molar-refractivity contribution >= 4 is 34.8 Å². The predicted octanol–water partition coefficient (Wildman–Crippen LogP) is 2.93. The average Bonchev–Trinajstić information content (AvgIpc) is 3.52. The Labute approximate surface area is 260 Å². The molecular weight excluding hydrogens is 578 g/mol. The third kappa shape index (κ3) is 5.83. The van der Waals surface area contributed by atoms with E-state index in [0.717, 1.165) is 38.8 Å². The smallest absolute Gasteiger partial charge is 0.246 e. The molecule has 0 aliphatic carbocycles. The molecule has 0 N–H and O–H groups in total. The van der Waals surface area contributed by atoms with Crippen molar-refractivity contribution in [3.05, 3.63) is 75.2 Å². The van der Waals surface area contributed by atoms with E-state index in [4.69, 9.17) is 9.73 Å². The molecule has 3 aliphatic rings. The van der Waals surface area contributed by atoms with Crippen LogP contribution in [0.3, 0.4) is 0 Å². The number of nitrogens with zero attached hydrogens (tertiary/aromatic N) is 7. The molecule has 2 saturated heterocycles. The number of rotatable bonds is 5. The van der Waals surface area contributed by atoms with Crippen molar-refractivity contribution in [3.8, 4) is 5.00 Å². The van der Waals surface area contributed by atoms with Crippen LogP contribution in [0.2, 0.25) is 0 Å². The van der Waals surface area contributed by atoms with Gasteiger partial charge in [0.05, 0.1) is 25.3 Å². The largest absolute Gasteiger partial charge is 0.378 e. The Morgan fingerprint density at radius 2 is 1.48 bits per heavy atom. The second-order valence-electron chi connectivity index (χ2n) is 11.4. The molecule has 11 nitrogen and oxygen atoms in total. The zero-order valence-electron chi connectivity index (χ0n) is 25.6. The molecule has 2 fully saturated rings. The van der Waals surface area contributed by atoms with E-state index >= 15 is 0 Å². The van der Waals surface area contributed by atoms with E-state index in [0.29, 0.717) is 58.3 Å². The molecule has 0 unspecified atom stereocenters.